The van der Waals surface area contributed by atoms with Crippen LogP contribution < -0.4 is 4.90 Å². The van der Waals surface area contributed by atoms with Crippen LogP contribution in [-0.2, 0) is 5.41 Å². The number of fused-ring (bicyclic) bond motifs is 10. The molecule has 8 aromatic carbocycles. The molecule has 0 bridgehead atoms. The fourth-order valence-corrected chi connectivity index (χ4v) is 9.56. The van der Waals surface area contributed by atoms with Gasteiger partial charge in [-0.1, -0.05) is 147 Å². The highest BCUT2D eigenvalue weighted by Crippen LogP contribution is 2.53. The van der Waals surface area contributed by atoms with Gasteiger partial charge in [-0.25, -0.2) is 0 Å². The van der Waals surface area contributed by atoms with Gasteiger partial charge in [0, 0.05) is 47.6 Å². The summed E-state index contributed by atoms with van der Waals surface area (Å²) in [6, 6.07) is 60.6. The summed E-state index contributed by atoms with van der Waals surface area (Å²) in [7, 11) is 0. The van der Waals surface area contributed by atoms with Gasteiger partial charge in [0.15, 0.2) is 0 Å². The quantitative estimate of drug-likeness (QED) is 0.173. The van der Waals surface area contributed by atoms with Crippen LogP contribution in [0.25, 0.3) is 64.0 Å². The molecule has 0 unspecified atom stereocenters. The van der Waals surface area contributed by atoms with E-state index >= 15 is 0 Å². The molecule has 2 heteroatoms. The largest absolute Gasteiger partial charge is 0.309 e. The van der Waals surface area contributed by atoms with E-state index in [-0.39, 0.29) is 5.41 Å². The van der Waals surface area contributed by atoms with E-state index in [9.17, 15) is 0 Å². The lowest BCUT2D eigenvalue weighted by atomic mass is 9.82. The first-order valence-electron chi connectivity index (χ1n) is 17.0. The maximum absolute atomic E-state index is 2.52. The van der Waals surface area contributed by atoms with Gasteiger partial charge in [0.2, 0.25) is 0 Å². The van der Waals surface area contributed by atoms with E-state index in [1.54, 1.807) is 0 Å². The van der Waals surface area contributed by atoms with Crippen LogP contribution in [0.3, 0.4) is 0 Å². The first-order chi connectivity index (χ1) is 24.1. The standard InChI is InChI=1S/C47H33NS/c1-47(2)40-21-11-8-19-35(40)36-25-24-32(29-41(36)47)48(42-22-12-9-17-33(42)30-14-4-3-5-15-30)43-28-31-16-6-7-18-34(31)45-39(43)27-26-38-37-20-10-13-23-44(37)49-46(38)45/h3-29H,1-2H3. The molecular weight excluding hydrogens is 611 g/mol. The number of rotatable bonds is 4. The SMILES string of the molecule is CC1(C)c2ccccc2-c2ccc(N(c3ccccc3-c3ccccc3)c3cc4ccccc4c4c3ccc3c5ccccc5sc34)cc21. The second-order valence-electron chi connectivity index (χ2n) is 13.7. The maximum Gasteiger partial charge on any atom is 0.0547 e. The Kier molecular flexibility index (Phi) is 6.16. The van der Waals surface area contributed by atoms with E-state index in [2.05, 4.69) is 183 Å². The zero-order valence-corrected chi connectivity index (χ0v) is 28.3. The Labute approximate surface area is 290 Å². The summed E-state index contributed by atoms with van der Waals surface area (Å²) in [6.07, 6.45) is 0. The molecule has 49 heavy (non-hydrogen) atoms. The molecule has 1 heterocycles. The van der Waals surface area contributed by atoms with Gasteiger partial charge in [0.1, 0.15) is 0 Å². The molecule has 0 fully saturated rings. The molecule has 1 nitrogen and oxygen atoms in total. The van der Waals surface area contributed by atoms with Crippen molar-refractivity contribution in [3.05, 3.63) is 175 Å². The summed E-state index contributed by atoms with van der Waals surface area (Å²) in [5.74, 6) is 0. The van der Waals surface area contributed by atoms with Gasteiger partial charge >= 0.3 is 0 Å². The highest BCUT2D eigenvalue weighted by atomic mass is 32.1. The summed E-state index contributed by atoms with van der Waals surface area (Å²) in [5, 5.41) is 7.76. The molecule has 1 aliphatic rings. The number of anilines is 3. The van der Waals surface area contributed by atoms with E-state index in [4.69, 9.17) is 0 Å². The molecule has 0 saturated carbocycles. The van der Waals surface area contributed by atoms with Gasteiger partial charge in [-0.2, -0.15) is 0 Å². The Morgan fingerprint density at radius 1 is 0.469 bits per heavy atom. The summed E-state index contributed by atoms with van der Waals surface area (Å²) in [6.45, 7) is 4.74. The van der Waals surface area contributed by atoms with Crippen molar-refractivity contribution in [2.24, 2.45) is 0 Å². The molecule has 0 N–H and O–H groups in total. The van der Waals surface area contributed by atoms with Gasteiger partial charge in [-0.3, -0.25) is 0 Å². The zero-order valence-electron chi connectivity index (χ0n) is 27.4. The second kappa shape index (κ2) is 10.7. The third-order valence-corrected chi connectivity index (χ3v) is 11.8. The van der Waals surface area contributed by atoms with Crippen LogP contribution in [0, 0.1) is 0 Å². The third-order valence-electron chi connectivity index (χ3n) is 10.6. The van der Waals surface area contributed by atoms with Crippen molar-refractivity contribution in [3.8, 4) is 22.3 Å². The topological polar surface area (TPSA) is 3.24 Å². The molecular formula is C47H33NS. The molecule has 10 rings (SSSR count). The Morgan fingerprint density at radius 3 is 2.02 bits per heavy atom. The first kappa shape index (κ1) is 28.3. The van der Waals surface area contributed by atoms with Gasteiger partial charge < -0.3 is 4.90 Å². The Balaban J connectivity index is 1.32. The van der Waals surface area contributed by atoms with Crippen LogP contribution in [0.5, 0.6) is 0 Å². The van der Waals surface area contributed by atoms with Crippen molar-refractivity contribution >= 4 is 70.1 Å². The van der Waals surface area contributed by atoms with Crippen molar-refractivity contribution in [1.29, 1.82) is 0 Å². The maximum atomic E-state index is 2.52. The lowest BCUT2D eigenvalue weighted by molar-refractivity contribution is 0.660. The van der Waals surface area contributed by atoms with Gasteiger partial charge in [0.05, 0.1) is 11.4 Å². The number of benzene rings is 8. The van der Waals surface area contributed by atoms with E-state index in [0.717, 1.165) is 11.4 Å². The highest BCUT2D eigenvalue weighted by Gasteiger charge is 2.36. The van der Waals surface area contributed by atoms with Crippen LogP contribution in [0.4, 0.5) is 17.1 Å². The number of nitrogens with zero attached hydrogens (tertiary/aromatic N) is 1. The Morgan fingerprint density at radius 2 is 1.14 bits per heavy atom. The van der Waals surface area contributed by atoms with E-state index in [1.807, 2.05) is 11.3 Å². The first-order valence-corrected chi connectivity index (χ1v) is 17.8. The lowest BCUT2D eigenvalue weighted by Crippen LogP contribution is -2.17. The molecule has 232 valence electrons. The van der Waals surface area contributed by atoms with Crippen molar-refractivity contribution in [2.45, 2.75) is 19.3 Å². The summed E-state index contributed by atoms with van der Waals surface area (Å²) >= 11 is 1.91. The van der Waals surface area contributed by atoms with Gasteiger partial charge in [0.25, 0.3) is 0 Å². The Hall–Kier alpha value is -5.70. The van der Waals surface area contributed by atoms with Crippen LogP contribution >= 0.6 is 11.3 Å². The van der Waals surface area contributed by atoms with E-state index < -0.39 is 0 Å². The van der Waals surface area contributed by atoms with Gasteiger partial charge in [-0.15, -0.1) is 11.3 Å². The molecule has 1 aliphatic carbocycles. The number of thiophene rings is 1. The van der Waals surface area contributed by atoms with Crippen LogP contribution in [0.2, 0.25) is 0 Å². The predicted molar refractivity (Wildman–Crippen MR) is 212 cm³/mol. The Bertz CT molecular complexity index is 2750. The van der Waals surface area contributed by atoms with Crippen LogP contribution in [0.15, 0.2) is 164 Å². The average Bonchev–Trinajstić information content (AvgIpc) is 3.64. The second-order valence-corrected chi connectivity index (χ2v) is 14.8. The predicted octanol–water partition coefficient (Wildman–Crippen LogP) is 13.8. The van der Waals surface area contributed by atoms with Crippen LogP contribution in [0.1, 0.15) is 25.0 Å². The van der Waals surface area contributed by atoms with Crippen molar-refractivity contribution in [3.63, 3.8) is 0 Å². The number of hydrogen-bond donors (Lipinski definition) is 0. The minimum Gasteiger partial charge on any atom is -0.309 e. The monoisotopic (exact) mass is 643 g/mol. The minimum atomic E-state index is -0.110. The minimum absolute atomic E-state index is 0.110. The van der Waals surface area contributed by atoms with Crippen molar-refractivity contribution < 1.29 is 0 Å². The third kappa shape index (κ3) is 4.17. The fourth-order valence-electron chi connectivity index (χ4n) is 8.30. The lowest BCUT2D eigenvalue weighted by Gasteiger charge is -2.31. The smallest absolute Gasteiger partial charge is 0.0547 e. The fraction of sp³-hybridized carbons (Fsp3) is 0.0638. The molecule has 0 saturated heterocycles. The van der Waals surface area contributed by atoms with Crippen molar-refractivity contribution in [1.82, 2.24) is 0 Å². The van der Waals surface area contributed by atoms with E-state index in [1.165, 1.54) is 80.8 Å². The summed E-state index contributed by atoms with van der Waals surface area (Å²) in [5.41, 5.74) is 11.2. The molecule has 0 spiro atoms. The number of para-hydroxylation sites is 1. The summed E-state index contributed by atoms with van der Waals surface area (Å²) in [4.78, 5) is 2.52. The normalized spacial score (nSPS) is 13.3. The molecule has 0 atom stereocenters. The van der Waals surface area contributed by atoms with Crippen LogP contribution in [-0.4, -0.2) is 0 Å². The summed E-state index contributed by atoms with van der Waals surface area (Å²) < 4.78 is 2.67. The molecule has 0 amide bonds. The average molecular weight is 644 g/mol. The zero-order chi connectivity index (χ0) is 32.7. The highest BCUT2D eigenvalue weighted by molar-refractivity contribution is 7.26. The molecule has 0 radical (unpaired) electrons. The molecule has 1 aromatic heterocycles. The molecule has 9 aromatic rings. The van der Waals surface area contributed by atoms with E-state index in [0.29, 0.717) is 0 Å². The number of hydrogen-bond acceptors (Lipinski definition) is 2. The van der Waals surface area contributed by atoms with Crippen molar-refractivity contribution in [2.75, 3.05) is 4.90 Å². The molecule has 0 aliphatic heterocycles. The van der Waals surface area contributed by atoms with Gasteiger partial charge in [-0.05, 0) is 68.9 Å².